The highest BCUT2D eigenvalue weighted by atomic mass is 32.2. The van der Waals surface area contributed by atoms with E-state index in [0.717, 1.165) is 12.1 Å². The molecule has 0 aliphatic heterocycles. The average molecular weight is 271 g/mol. The second-order valence-electron chi connectivity index (χ2n) is 4.90. The van der Waals surface area contributed by atoms with Crippen molar-refractivity contribution in [1.82, 2.24) is 0 Å². The predicted octanol–water partition coefficient (Wildman–Crippen LogP) is 2.15. The monoisotopic (exact) mass is 271 g/mol. The summed E-state index contributed by atoms with van der Waals surface area (Å²) in [5, 5.41) is 8.25. The standard InChI is InChI=1S/C12H21N3O2S/c1-9(2)7-10(3)14-11-5-4-6-12(8-11)15-18(13,16)17/h4-6,8-10,14-15H,7H2,1-3H3,(H2,13,16,17). The van der Waals surface area contributed by atoms with Gasteiger partial charge in [-0.05, 0) is 37.5 Å². The summed E-state index contributed by atoms with van der Waals surface area (Å²) in [6, 6.07) is 7.38. The lowest BCUT2D eigenvalue weighted by molar-refractivity contribution is 0.540. The Morgan fingerprint density at radius 3 is 2.39 bits per heavy atom. The zero-order chi connectivity index (χ0) is 13.8. The fourth-order valence-electron chi connectivity index (χ4n) is 1.89. The largest absolute Gasteiger partial charge is 0.383 e. The molecule has 0 bridgehead atoms. The maximum Gasteiger partial charge on any atom is 0.296 e. The van der Waals surface area contributed by atoms with Gasteiger partial charge in [0.2, 0.25) is 0 Å². The summed E-state index contributed by atoms with van der Waals surface area (Å²) < 4.78 is 24.1. The summed E-state index contributed by atoms with van der Waals surface area (Å²) in [5.41, 5.74) is 1.33. The van der Waals surface area contributed by atoms with Crippen LogP contribution in [0.15, 0.2) is 24.3 Å². The number of rotatable bonds is 6. The molecule has 0 amide bonds. The highest BCUT2D eigenvalue weighted by Crippen LogP contribution is 2.18. The molecule has 0 heterocycles. The highest BCUT2D eigenvalue weighted by Gasteiger charge is 2.06. The van der Waals surface area contributed by atoms with Crippen molar-refractivity contribution in [3.63, 3.8) is 0 Å². The van der Waals surface area contributed by atoms with Gasteiger partial charge in [-0.2, -0.15) is 8.42 Å². The molecule has 0 radical (unpaired) electrons. The van der Waals surface area contributed by atoms with Crippen molar-refractivity contribution >= 4 is 21.6 Å². The van der Waals surface area contributed by atoms with Crippen molar-refractivity contribution in [1.29, 1.82) is 0 Å². The molecule has 0 fully saturated rings. The van der Waals surface area contributed by atoms with Crippen LogP contribution in [0.2, 0.25) is 0 Å². The SMILES string of the molecule is CC(C)CC(C)Nc1cccc(NS(N)(=O)=O)c1. The molecule has 4 N–H and O–H groups in total. The number of anilines is 2. The molecule has 0 aliphatic rings. The van der Waals surface area contributed by atoms with Gasteiger partial charge in [-0.1, -0.05) is 19.9 Å². The van der Waals surface area contributed by atoms with Crippen LogP contribution in [0.1, 0.15) is 27.2 Å². The van der Waals surface area contributed by atoms with Crippen molar-refractivity contribution in [2.75, 3.05) is 10.0 Å². The van der Waals surface area contributed by atoms with Gasteiger partial charge in [-0.3, -0.25) is 4.72 Å². The first-order valence-electron chi connectivity index (χ1n) is 5.93. The van der Waals surface area contributed by atoms with E-state index in [1.807, 2.05) is 6.07 Å². The van der Waals surface area contributed by atoms with Crippen LogP contribution < -0.4 is 15.2 Å². The lowest BCUT2D eigenvalue weighted by Crippen LogP contribution is -2.22. The smallest absolute Gasteiger partial charge is 0.296 e. The molecule has 0 saturated carbocycles. The lowest BCUT2D eigenvalue weighted by atomic mass is 10.1. The van der Waals surface area contributed by atoms with Crippen LogP contribution in [0.5, 0.6) is 0 Å². The molecule has 1 unspecified atom stereocenters. The molecule has 5 nitrogen and oxygen atoms in total. The van der Waals surface area contributed by atoms with E-state index in [0.29, 0.717) is 17.6 Å². The van der Waals surface area contributed by atoms with Gasteiger partial charge in [0.05, 0.1) is 5.69 Å². The van der Waals surface area contributed by atoms with Gasteiger partial charge in [0.15, 0.2) is 0 Å². The number of hydrogen-bond donors (Lipinski definition) is 3. The maximum absolute atomic E-state index is 10.9. The number of nitrogens with one attached hydrogen (secondary N) is 2. The van der Waals surface area contributed by atoms with Crippen LogP contribution in [-0.4, -0.2) is 14.5 Å². The van der Waals surface area contributed by atoms with E-state index < -0.39 is 10.2 Å². The molecule has 102 valence electrons. The molecule has 1 rings (SSSR count). The average Bonchev–Trinajstić information content (AvgIpc) is 2.13. The first kappa shape index (κ1) is 14.8. The van der Waals surface area contributed by atoms with Gasteiger partial charge < -0.3 is 5.32 Å². The summed E-state index contributed by atoms with van der Waals surface area (Å²) in [6.45, 7) is 6.42. The zero-order valence-corrected chi connectivity index (χ0v) is 11.8. The Hall–Kier alpha value is -1.27. The Labute approximate surface area is 109 Å². The van der Waals surface area contributed by atoms with E-state index in [2.05, 4.69) is 30.8 Å². The normalized spacial score (nSPS) is 13.4. The fourth-order valence-corrected chi connectivity index (χ4v) is 2.34. The first-order valence-corrected chi connectivity index (χ1v) is 7.48. The summed E-state index contributed by atoms with van der Waals surface area (Å²) >= 11 is 0. The Morgan fingerprint density at radius 2 is 1.83 bits per heavy atom. The van der Waals surface area contributed by atoms with Gasteiger partial charge in [0.25, 0.3) is 10.2 Å². The third-order valence-corrected chi connectivity index (χ3v) is 2.88. The van der Waals surface area contributed by atoms with Crippen LogP contribution in [0.25, 0.3) is 0 Å². The van der Waals surface area contributed by atoms with Gasteiger partial charge in [-0.25, -0.2) is 5.14 Å². The van der Waals surface area contributed by atoms with Gasteiger partial charge >= 0.3 is 0 Å². The molecule has 0 saturated heterocycles. The number of nitrogens with two attached hydrogens (primary N) is 1. The van der Waals surface area contributed by atoms with Crippen molar-refractivity contribution < 1.29 is 8.42 Å². The van der Waals surface area contributed by atoms with Crippen molar-refractivity contribution in [2.45, 2.75) is 33.2 Å². The van der Waals surface area contributed by atoms with Gasteiger partial charge in [0, 0.05) is 11.7 Å². The molecule has 1 aromatic carbocycles. The zero-order valence-electron chi connectivity index (χ0n) is 11.0. The van der Waals surface area contributed by atoms with Crippen molar-refractivity contribution in [2.24, 2.45) is 11.1 Å². The molecular formula is C12H21N3O2S. The van der Waals surface area contributed by atoms with E-state index in [-0.39, 0.29) is 0 Å². The molecule has 0 aromatic heterocycles. The second-order valence-corrected chi connectivity index (χ2v) is 6.20. The molecule has 0 spiro atoms. The summed E-state index contributed by atoms with van der Waals surface area (Å²) in [5.74, 6) is 0.609. The molecule has 0 aliphatic carbocycles. The molecular weight excluding hydrogens is 250 g/mol. The molecule has 6 heteroatoms. The van der Waals surface area contributed by atoms with Crippen LogP contribution in [-0.2, 0) is 10.2 Å². The first-order chi connectivity index (χ1) is 8.26. The minimum Gasteiger partial charge on any atom is -0.383 e. The Balaban J connectivity index is 2.70. The van der Waals surface area contributed by atoms with Crippen LogP contribution in [0.4, 0.5) is 11.4 Å². The predicted molar refractivity (Wildman–Crippen MR) is 75.7 cm³/mol. The lowest BCUT2D eigenvalue weighted by Gasteiger charge is -2.17. The Morgan fingerprint density at radius 1 is 1.22 bits per heavy atom. The van der Waals surface area contributed by atoms with Crippen molar-refractivity contribution in [3.8, 4) is 0 Å². The van der Waals surface area contributed by atoms with Crippen molar-refractivity contribution in [3.05, 3.63) is 24.3 Å². The van der Waals surface area contributed by atoms with Crippen LogP contribution in [0, 0.1) is 5.92 Å². The maximum atomic E-state index is 10.9. The topological polar surface area (TPSA) is 84.2 Å². The summed E-state index contributed by atoms with van der Waals surface area (Å²) in [7, 11) is -3.72. The quantitative estimate of drug-likeness (QED) is 0.741. The summed E-state index contributed by atoms with van der Waals surface area (Å²) in [4.78, 5) is 0. The molecule has 18 heavy (non-hydrogen) atoms. The van der Waals surface area contributed by atoms with Crippen LogP contribution >= 0.6 is 0 Å². The second kappa shape index (κ2) is 6.06. The highest BCUT2D eigenvalue weighted by molar-refractivity contribution is 7.90. The third-order valence-electron chi connectivity index (χ3n) is 2.36. The van der Waals surface area contributed by atoms with Gasteiger partial charge in [0.1, 0.15) is 0 Å². The molecule has 1 atom stereocenters. The van der Waals surface area contributed by atoms with Gasteiger partial charge in [-0.15, -0.1) is 0 Å². The number of benzene rings is 1. The van der Waals surface area contributed by atoms with E-state index in [4.69, 9.17) is 5.14 Å². The van der Waals surface area contributed by atoms with Crippen LogP contribution in [0.3, 0.4) is 0 Å². The number of hydrogen-bond acceptors (Lipinski definition) is 3. The minimum atomic E-state index is -3.72. The third kappa shape index (κ3) is 5.88. The Bertz CT molecular complexity index is 486. The summed E-state index contributed by atoms with van der Waals surface area (Å²) in [6.07, 6.45) is 1.05. The van der Waals surface area contributed by atoms with E-state index in [1.165, 1.54) is 0 Å². The molecule has 1 aromatic rings. The van der Waals surface area contributed by atoms with E-state index in [1.54, 1.807) is 18.2 Å². The fraction of sp³-hybridized carbons (Fsp3) is 0.500. The minimum absolute atomic E-state index is 0.328. The van der Waals surface area contributed by atoms with E-state index >= 15 is 0 Å². The van der Waals surface area contributed by atoms with E-state index in [9.17, 15) is 8.42 Å². The Kier molecular flexibility index (Phi) is 4.98.